The topological polar surface area (TPSA) is 43.4 Å². The molecule has 0 aliphatic heterocycles. The first-order valence-electron chi connectivity index (χ1n) is 6.96. The van der Waals surface area contributed by atoms with Crippen LogP contribution in [0.1, 0.15) is 48.5 Å². The molecule has 1 saturated carbocycles. The summed E-state index contributed by atoms with van der Waals surface area (Å²) in [6.07, 6.45) is 4.40. The van der Waals surface area contributed by atoms with Gasteiger partial charge in [-0.1, -0.05) is 12.1 Å². The highest BCUT2D eigenvalue weighted by atomic mass is 16.5. The fourth-order valence-corrected chi connectivity index (χ4v) is 2.66. The number of ether oxygens (including phenoxy) is 1. The predicted octanol–water partition coefficient (Wildman–Crippen LogP) is 3.17. The molecule has 0 aromatic heterocycles. The second-order valence-electron chi connectivity index (χ2n) is 5.13. The summed E-state index contributed by atoms with van der Waals surface area (Å²) in [5.41, 5.74) is 1.71. The van der Waals surface area contributed by atoms with Crippen LogP contribution in [0.5, 0.6) is 0 Å². The van der Waals surface area contributed by atoms with E-state index in [1.807, 2.05) is 18.2 Å². The molecule has 1 atom stereocenters. The van der Waals surface area contributed by atoms with Crippen LogP contribution in [0.15, 0.2) is 24.3 Å². The Morgan fingerprint density at radius 3 is 3.00 bits per heavy atom. The van der Waals surface area contributed by atoms with Crippen LogP contribution in [0.3, 0.4) is 0 Å². The zero-order valence-corrected chi connectivity index (χ0v) is 11.4. The highest BCUT2D eigenvalue weighted by molar-refractivity contribution is 5.89. The number of hydrogen-bond donors (Lipinski definition) is 0. The number of benzene rings is 1. The van der Waals surface area contributed by atoms with Crippen molar-refractivity contribution in [2.45, 2.75) is 39.0 Å². The third-order valence-electron chi connectivity index (χ3n) is 3.55. The molecule has 1 aromatic rings. The molecule has 0 bridgehead atoms. The van der Waals surface area contributed by atoms with E-state index in [4.69, 9.17) is 4.74 Å². The third kappa shape index (κ3) is 3.91. The van der Waals surface area contributed by atoms with Crippen molar-refractivity contribution in [1.29, 1.82) is 0 Å². The van der Waals surface area contributed by atoms with E-state index in [1.165, 1.54) is 0 Å². The monoisotopic (exact) mass is 260 g/mol. The van der Waals surface area contributed by atoms with Crippen LogP contribution in [-0.2, 0) is 16.0 Å². The summed E-state index contributed by atoms with van der Waals surface area (Å²) in [4.78, 5) is 23.1. The van der Waals surface area contributed by atoms with E-state index < -0.39 is 0 Å². The maximum atomic E-state index is 11.7. The summed E-state index contributed by atoms with van der Waals surface area (Å²) in [6, 6.07) is 7.55. The molecule has 19 heavy (non-hydrogen) atoms. The zero-order valence-electron chi connectivity index (χ0n) is 11.4. The van der Waals surface area contributed by atoms with Gasteiger partial charge in [0.15, 0.2) is 0 Å². The molecular formula is C16H20O3. The Hall–Kier alpha value is -1.64. The standard InChI is InChI=1S/C16H20O3/c1-2-19-16(18)14-7-3-5-12(10-14)9-13-6-4-8-15(17)11-13/h3,5,7,10,13H,2,4,6,8-9,11H2,1H3. The number of carbonyl (C=O) groups excluding carboxylic acids is 2. The number of esters is 1. The Labute approximate surface area is 114 Å². The second kappa shape index (κ2) is 6.50. The summed E-state index contributed by atoms with van der Waals surface area (Å²) < 4.78 is 5.00. The molecule has 0 N–H and O–H groups in total. The third-order valence-corrected chi connectivity index (χ3v) is 3.55. The lowest BCUT2D eigenvalue weighted by atomic mass is 9.84. The fraction of sp³-hybridized carbons (Fsp3) is 0.500. The van der Waals surface area contributed by atoms with Crippen molar-refractivity contribution < 1.29 is 14.3 Å². The minimum absolute atomic E-state index is 0.274. The molecular weight excluding hydrogens is 240 g/mol. The van der Waals surface area contributed by atoms with Crippen molar-refractivity contribution in [3.05, 3.63) is 35.4 Å². The van der Waals surface area contributed by atoms with Crippen LogP contribution in [0, 0.1) is 5.92 Å². The van der Waals surface area contributed by atoms with Gasteiger partial charge in [0.05, 0.1) is 12.2 Å². The van der Waals surface area contributed by atoms with E-state index in [1.54, 1.807) is 13.0 Å². The summed E-state index contributed by atoms with van der Waals surface area (Å²) in [6.45, 7) is 2.19. The number of ketones is 1. The highest BCUT2D eigenvalue weighted by Crippen LogP contribution is 2.25. The highest BCUT2D eigenvalue weighted by Gasteiger charge is 2.20. The number of rotatable bonds is 4. The van der Waals surface area contributed by atoms with Crippen molar-refractivity contribution in [3.8, 4) is 0 Å². The van der Waals surface area contributed by atoms with E-state index in [-0.39, 0.29) is 5.97 Å². The van der Waals surface area contributed by atoms with Crippen LogP contribution in [0.2, 0.25) is 0 Å². The smallest absolute Gasteiger partial charge is 0.338 e. The molecule has 0 amide bonds. The first-order valence-corrected chi connectivity index (χ1v) is 6.96. The maximum absolute atomic E-state index is 11.7. The van der Waals surface area contributed by atoms with Crippen molar-refractivity contribution >= 4 is 11.8 Å². The fourth-order valence-electron chi connectivity index (χ4n) is 2.66. The lowest BCUT2D eigenvalue weighted by Gasteiger charge is -2.20. The summed E-state index contributed by atoms with van der Waals surface area (Å²) in [5, 5.41) is 0. The number of carbonyl (C=O) groups is 2. The Morgan fingerprint density at radius 2 is 2.26 bits per heavy atom. The Kier molecular flexibility index (Phi) is 4.72. The van der Waals surface area contributed by atoms with Gasteiger partial charge in [0.1, 0.15) is 5.78 Å². The largest absolute Gasteiger partial charge is 0.462 e. The van der Waals surface area contributed by atoms with Gasteiger partial charge in [0.2, 0.25) is 0 Å². The molecule has 102 valence electrons. The van der Waals surface area contributed by atoms with Gasteiger partial charge in [0, 0.05) is 12.8 Å². The van der Waals surface area contributed by atoms with Crippen molar-refractivity contribution in [1.82, 2.24) is 0 Å². The molecule has 0 heterocycles. The van der Waals surface area contributed by atoms with Crippen LogP contribution < -0.4 is 0 Å². The van der Waals surface area contributed by atoms with Gasteiger partial charge in [0.25, 0.3) is 0 Å². The normalized spacial score (nSPS) is 19.2. The van der Waals surface area contributed by atoms with Gasteiger partial charge in [-0.2, -0.15) is 0 Å². The van der Waals surface area contributed by atoms with Gasteiger partial charge >= 0.3 is 5.97 Å². The first kappa shape index (κ1) is 13.8. The molecule has 0 spiro atoms. The van der Waals surface area contributed by atoms with E-state index in [2.05, 4.69) is 0 Å². The average molecular weight is 260 g/mol. The van der Waals surface area contributed by atoms with Crippen molar-refractivity contribution in [2.24, 2.45) is 5.92 Å². The van der Waals surface area contributed by atoms with E-state index in [0.29, 0.717) is 30.3 Å². The molecule has 2 rings (SSSR count). The lowest BCUT2D eigenvalue weighted by Crippen LogP contribution is -2.17. The molecule has 0 radical (unpaired) electrons. The first-order chi connectivity index (χ1) is 9.19. The molecule has 1 aromatic carbocycles. The number of Topliss-reactive ketones (excluding diaryl/α,β-unsaturated/α-hetero) is 1. The van der Waals surface area contributed by atoms with E-state index >= 15 is 0 Å². The predicted molar refractivity (Wildman–Crippen MR) is 73.1 cm³/mol. The van der Waals surface area contributed by atoms with Gasteiger partial charge < -0.3 is 4.74 Å². The second-order valence-corrected chi connectivity index (χ2v) is 5.13. The Bertz CT molecular complexity index is 465. The lowest BCUT2D eigenvalue weighted by molar-refractivity contribution is -0.121. The van der Waals surface area contributed by atoms with Gasteiger partial charge in [-0.25, -0.2) is 4.79 Å². The van der Waals surface area contributed by atoms with Gasteiger partial charge in [-0.3, -0.25) is 4.79 Å². The minimum atomic E-state index is -0.274. The molecule has 3 heteroatoms. The van der Waals surface area contributed by atoms with Gasteiger partial charge in [-0.05, 0) is 49.8 Å². The molecule has 1 aliphatic rings. The summed E-state index contributed by atoms with van der Waals surface area (Å²) >= 11 is 0. The summed E-state index contributed by atoms with van der Waals surface area (Å²) in [5.74, 6) is 0.528. The Balaban J connectivity index is 2.02. The molecule has 1 aliphatic carbocycles. The van der Waals surface area contributed by atoms with Crippen LogP contribution in [0.25, 0.3) is 0 Å². The number of hydrogen-bond acceptors (Lipinski definition) is 3. The minimum Gasteiger partial charge on any atom is -0.462 e. The van der Waals surface area contributed by atoms with Crippen molar-refractivity contribution in [2.75, 3.05) is 6.61 Å². The molecule has 1 fully saturated rings. The van der Waals surface area contributed by atoms with E-state index in [0.717, 1.165) is 31.2 Å². The van der Waals surface area contributed by atoms with Gasteiger partial charge in [-0.15, -0.1) is 0 Å². The molecule has 0 saturated heterocycles. The molecule has 3 nitrogen and oxygen atoms in total. The SMILES string of the molecule is CCOC(=O)c1cccc(CC2CCCC(=O)C2)c1. The van der Waals surface area contributed by atoms with Crippen LogP contribution >= 0.6 is 0 Å². The van der Waals surface area contributed by atoms with Crippen molar-refractivity contribution in [3.63, 3.8) is 0 Å². The molecule has 1 unspecified atom stereocenters. The Morgan fingerprint density at radius 1 is 1.42 bits per heavy atom. The quantitative estimate of drug-likeness (QED) is 0.781. The summed E-state index contributed by atoms with van der Waals surface area (Å²) in [7, 11) is 0. The van der Waals surface area contributed by atoms with Crippen LogP contribution in [0.4, 0.5) is 0 Å². The van der Waals surface area contributed by atoms with E-state index in [9.17, 15) is 9.59 Å². The average Bonchev–Trinajstić information content (AvgIpc) is 2.39. The zero-order chi connectivity index (χ0) is 13.7. The van der Waals surface area contributed by atoms with Crippen LogP contribution in [-0.4, -0.2) is 18.4 Å². The maximum Gasteiger partial charge on any atom is 0.338 e.